The van der Waals surface area contributed by atoms with Gasteiger partial charge >= 0.3 is 5.97 Å². The molecule has 0 aliphatic carbocycles. The summed E-state index contributed by atoms with van der Waals surface area (Å²) in [6, 6.07) is 4.50. The van der Waals surface area contributed by atoms with Gasteiger partial charge in [0.2, 0.25) is 6.41 Å². The van der Waals surface area contributed by atoms with Crippen LogP contribution in [-0.2, 0) is 9.53 Å². The van der Waals surface area contributed by atoms with Gasteiger partial charge in [-0.05, 0) is 18.2 Å². The Labute approximate surface area is 80.9 Å². The molecule has 0 atom stereocenters. The first-order chi connectivity index (χ1) is 6.67. The van der Waals surface area contributed by atoms with Crippen molar-refractivity contribution in [2.24, 2.45) is 0 Å². The third-order valence-corrected chi connectivity index (χ3v) is 1.60. The van der Waals surface area contributed by atoms with Crippen LogP contribution in [0.2, 0.25) is 0 Å². The van der Waals surface area contributed by atoms with Crippen molar-refractivity contribution < 1.29 is 14.3 Å². The molecule has 5 heteroatoms. The number of carbonyl (C=O) groups excluding carboxylic acids is 2. The maximum absolute atomic E-state index is 11.1. The molecule has 74 valence electrons. The van der Waals surface area contributed by atoms with Gasteiger partial charge in [0.15, 0.2) is 0 Å². The first-order valence-electron chi connectivity index (χ1n) is 3.86. The molecule has 0 spiro atoms. The van der Waals surface area contributed by atoms with Gasteiger partial charge in [-0.1, -0.05) is 0 Å². The van der Waals surface area contributed by atoms with Crippen LogP contribution in [0.15, 0.2) is 18.2 Å². The van der Waals surface area contributed by atoms with Crippen LogP contribution in [0.3, 0.4) is 0 Å². The van der Waals surface area contributed by atoms with Crippen LogP contribution < -0.4 is 11.1 Å². The molecule has 1 amide bonds. The molecule has 1 rings (SSSR count). The van der Waals surface area contributed by atoms with E-state index in [1.54, 1.807) is 6.07 Å². The molecule has 0 aliphatic rings. The van der Waals surface area contributed by atoms with Gasteiger partial charge in [-0.25, -0.2) is 4.79 Å². The highest BCUT2D eigenvalue weighted by Crippen LogP contribution is 2.16. The number of nitrogen functional groups attached to an aromatic ring is 1. The first-order valence-corrected chi connectivity index (χ1v) is 3.86. The summed E-state index contributed by atoms with van der Waals surface area (Å²) in [6.45, 7) is 0. The maximum atomic E-state index is 11.1. The smallest absolute Gasteiger partial charge is 0.337 e. The normalized spacial score (nSPS) is 9.21. The van der Waals surface area contributed by atoms with E-state index < -0.39 is 5.97 Å². The molecule has 0 heterocycles. The number of ether oxygens (including phenoxy) is 1. The number of anilines is 2. The highest BCUT2D eigenvalue weighted by Gasteiger charge is 2.07. The molecule has 0 unspecified atom stereocenters. The Hall–Kier alpha value is -2.04. The fourth-order valence-corrected chi connectivity index (χ4v) is 1.04. The molecule has 5 nitrogen and oxygen atoms in total. The van der Waals surface area contributed by atoms with Gasteiger partial charge in [-0.2, -0.15) is 0 Å². The second-order valence-corrected chi connectivity index (χ2v) is 2.60. The van der Waals surface area contributed by atoms with Crippen molar-refractivity contribution >= 4 is 23.8 Å². The standard InChI is InChI=1S/C9H10N2O3/c1-14-9(13)6-2-7(10)4-8(3-6)11-5-12/h2-5H,10H2,1H3,(H,11,12). The van der Waals surface area contributed by atoms with E-state index in [9.17, 15) is 9.59 Å². The van der Waals surface area contributed by atoms with Gasteiger partial charge < -0.3 is 15.8 Å². The molecule has 0 saturated heterocycles. The van der Waals surface area contributed by atoms with Gasteiger partial charge in [0.1, 0.15) is 0 Å². The third-order valence-electron chi connectivity index (χ3n) is 1.60. The lowest BCUT2D eigenvalue weighted by Crippen LogP contribution is -2.04. The van der Waals surface area contributed by atoms with Gasteiger partial charge in [-0.3, -0.25) is 4.79 Å². The zero-order valence-corrected chi connectivity index (χ0v) is 7.61. The first kappa shape index (κ1) is 10.0. The van der Waals surface area contributed by atoms with Gasteiger partial charge in [0.05, 0.1) is 12.7 Å². The topological polar surface area (TPSA) is 81.4 Å². The van der Waals surface area contributed by atoms with Crippen molar-refractivity contribution in [3.05, 3.63) is 23.8 Å². The second kappa shape index (κ2) is 4.27. The molecule has 1 aromatic carbocycles. The van der Waals surface area contributed by atoms with E-state index in [-0.39, 0.29) is 0 Å². The predicted molar refractivity (Wildman–Crippen MR) is 51.9 cm³/mol. The monoisotopic (exact) mass is 194 g/mol. The molecular weight excluding hydrogens is 184 g/mol. The summed E-state index contributed by atoms with van der Waals surface area (Å²) in [5, 5.41) is 2.40. The lowest BCUT2D eigenvalue weighted by Gasteiger charge is -2.04. The molecular formula is C9H10N2O3. The van der Waals surface area contributed by atoms with Crippen molar-refractivity contribution in [3.63, 3.8) is 0 Å². The van der Waals surface area contributed by atoms with E-state index in [1.807, 2.05) is 0 Å². The second-order valence-electron chi connectivity index (χ2n) is 2.60. The van der Waals surface area contributed by atoms with E-state index in [4.69, 9.17) is 5.73 Å². The molecule has 0 aliphatic heterocycles. The predicted octanol–water partition coefficient (Wildman–Crippen LogP) is 0.624. The summed E-state index contributed by atoms with van der Waals surface area (Å²) >= 11 is 0. The van der Waals surface area contributed by atoms with Gasteiger partial charge in [-0.15, -0.1) is 0 Å². The van der Waals surface area contributed by atoms with E-state index in [2.05, 4.69) is 10.1 Å². The quantitative estimate of drug-likeness (QED) is 0.420. The average molecular weight is 194 g/mol. The van der Waals surface area contributed by atoms with Gasteiger partial charge in [0.25, 0.3) is 0 Å². The molecule has 0 aromatic heterocycles. The Kier molecular flexibility index (Phi) is 3.06. The Morgan fingerprint density at radius 2 is 2.21 bits per heavy atom. The van der Waals surface area contributed by atoms with Crippen molar-refractivity contribution in [1.82, 2.24) is 0 Å². The summed E-state index contributed by atoms with van der Waals surface area (Å²) in [7, 11) is 1.28. The van der Waals surface area contributed by atoms with Crippen LogP contribution in [0.5, 0.6) is 0 Å². The number of nitrogens with one attached hydrogen (secondary N) is 1. The SMILES string of the molecule is COC(=O)c1cc(N)cc(NC=O)c1. The summed E-state index contributed by atoms with van der Waals surface area (Å²) in [6.07, 6.45) is 0.510. The van der Waals surface area contributed by atoms with E-state index in [1.165, 1.54) is 19.2 Å². The largest absolute Gasteiger partial charge is 0.465 e. The Morgan fingerprint density at radius 1 is 1.50 bits per heavy atom. The minimum atomic E-state index is -0.494. The number of hydrogen-bond acceptors (Lipinski definition) is 4. The van der Waals surface area contributed by atoms with Crippen molar-refractivity contribution in [3.8, 4) is 0 Å². The van der Waals surface area contributed by atoms with Gasteiger partial charge in [0, 0.05) is 11.4 Å². The highest BCUT2D eigenvalue weighted by atomic mass is 16.5. The Bertz CT molecular complexity index is 363. The summed E-state index contributed by atoms with van der Waals surface area (Å²) in [5.41, 5.74) is 6.67. The van der Waals surface area contributed by atoms with Crippen LogP contribution in [0.25, 0.3) is 0 Å². The van der Waals surface area contributed by atoms with Crippen LogP contribution in [-0.4, -0.2) is 19.5 Å². The molecule has 0 fully saturated rings. The summed E-state index contributed by atoms with van der Waals surface area (Å²) in [4.78, 5) is 21.3. The number of esters is 1. The number of benzene rings is 1. The number of amides is 1. The van der Waals surface area contributed by atoms with E-state index in [0.29, 0.717) is 23.3 Å². The zero-order valence-electron chi connectivity index (χ0n) is 7.61. The molecule has 0 saturated carbocycles. The van der Waals surface area contributed by atoms with E-state index >= 15 is 0 Å². The Morgan fingerprint density at radius 3 is 2.79 bits per heavy atom. The van der Waals surface area contributed by atoms with Crippen LogP contribution in [0.4, 0.5) is 11.4 Å². The van der Waals surface area contributed by atoms with Crippen molar-refractivity contribution in [2.75, 3.05) is 18.2 Å². The van der Waals surface area contributed by atoms with Crippen LogP contribution in [0.1, 0.15) is 10.4 Å². The molecule has 0 radical (unpaired) electrons. The number of nitrogens with two attached hydrogens (primary N) is 1. The fourth-order valence-electron chi connectivity index (χ4n) is 1.04. The molecule has 3 N–H and O–H groups in total. The number of hydrogen-bond donors (Lipinski definition) is 2. The lowest BCUT2D eigenvalue weighted by atomic mass is 10.2. The highest BCUT2D eigenvalue weighted by molar-refractivity contribution is 5.92. The van der Waals surface area contributed by atoms with Crippen LogP contribution >= 0.6 is 0 Å². The zero-order chi connectivity index (χ0) is 10.6. The number of rotatable bonds is 3. The minimum Gasteiger partial charge on any atom is -0.465 e. The summed E-state index contributed by atoms with van der Waals surface area (Å²) < 4.78 is 4.51. The maximum Gasteiger partial charge on any atom is 0.337 e. The number of methoxy groups -OCH3 is 1. The average Bonchev–Trinajstić information content (AvgIpc) is 2.16. The Balaban J connectivity index is 3.06. The molecule has 0 bridgehead atoms. The third kappa shape index (κ3) is 2.22. The number of carbonyl (C=O) groups is 2. The van der Waals surface area contributed by atoms with Crippen molar-refractivity contribution in [2.45, 2.75) is 0 Å². The van der Waals surface area contributed by atoms with E-state index in [0.717, 1.165) is 0 Å². The summed E-state index contributed by atoms with van der Waals surface area (Å²) in [5.74, 6) is -0.494. The minimum absolute atomic E-state index is 0.303. The fraction of sp³-hybridized carbons (Fsp3) is 0.111. The molecule has 1 aromatic rings. The van der Waals surface area contributed by atoms with Crippen molar-refractivity contribution in [1.29, 1.82) is 0 Å². The lowest BCUT2D eigenvalue weighted by molar-refractivity contribution is -0.105. The van der Waals surface area contributed by atoms with Crippen LogP contribution in [0, 0.1) is 0 Å². The molecule has 14 heavy (non-hydrogen) atoms.